The van der Waals surface area contributed by atoms with Crippen LogP contribution < -0.4 is 0 Å². The van der Waals surface area contributed by atoms with Crippen LogP contribution in [-0.2, 0) is 4.79 Å². The third-order valence-corrected chi connectivity index (χ3v) is 11.9. The summed E-state index contributed by atoms with van der Waals surface area (Å²) in [5.74, 6) is 6.71. The first-order valence-corrected chi connectivity index (χ1v) is 13.2. The van der Waals surface area contributed by atoms with Crippen LogP contribution in [0.3, 0.4) is 0 Å². The first kappa shape index (κ1) is 20.6. The molecule has 0 saturated heterocycles. The first-order valence-electron chi connectivity index (χ1n) is 13.2. The van der Waals surface area contributed by atoms with E-state index in [0.29, 0.717) is 28.4 Å². The summed E-state index contributed by atoms with van der Waals surface area (Å²) in [5, 5.41) is 0. The number of fused-ring (bicyclic) bond motifs is 4. The van der Waals surface area contributed by atoms with Crippen LogP contribution in [0.4, 0.5) is 0 Å². The van der Waals surface area contributed by atoms with Gasteiger partial charge in [-0.25, -0.2) is 0 Å². The van der Waals surface area contributed by atoms with Gasteiger partial charge in [0.05, 0.1) is 0 Å². The van der Waals surface area contributed by atoms with Gasteiger partial charge in [-0.3, -0.25) is 4.79 Å². The molecule has 0 aromatic rings. The number of rotatable bonds is 5. The quantitative estimate of drug-likeness (QED) is 0.467. The van der Waals surface area contributed by atoms with Crippen molar-refractivity contribution in [3.8, 4) is 0 Å². The number of ketones is 1. The molecule has 0 aromatic heterocycles. The van der Waals surface area contributed by atoms with Crippen LogP contribution in [0.1, 0.15) is 106 Å². The summed E-state index contributed by atoms with van der Waals surface area (Å²) in [6.45, 7) is 14.9. The van der Waals surface area contributed by atoms with E-state index in [1.165, 1.54) is 64.2 Å². The van der Waals surface area contributed by atoms with Crippen molar-refractivity contribution < 1.29 is 4.79 Å². The van der Waals surface area contributed by atoms with Gasteiger partial charge in [-0.2, -0.15) is 0 Å². The lowest BCUT2D eigenvalue weighted by atomic mass is 9.43. The highest BCUT2D eigenvalue weighted by molar-refractivity contribution is 5.92. The van der Waals surface area contributed by atoms with Crippen molar-refractivity contribution in [3.05, 3.63) is 0 Å². The predicted octanol–water partition coefficient (Wildman–Crippen LogP) is 7.53. The standard InChI is InChI=1S/C28H46O/c1-17(2)8-7-9-18(3)21-10-11-22-24-19(4)25(29)28-16-20(28)12-15-27(28,6)23(24)13-14-26(21,22)5/h17-24H,7-16H2,1-6H3/t18-,19+,20-,21-,22+,23+,24+,26-,27-,28+/m1/s1. The minimum Gasteiger partial charge on any atom is -0.299 e. The summed E-state index contributed by atoms with van der Waals surface area (Å²) >= 11 is 0. The molecule has 0 heterocycles. The summed E-state index contributed by atoms with van der Waals surface area (Å²) in [5.41, 5.74) is 0.965. The van der Waals surface area contributed by atoms with Gasteiger partial charge < -0.3 is 0 Å². The molecule has 5 fully saturated rings. The van der Waals surface area contributed by atoms with Gasteiger partial charge in [0.1, 0.15) is 5.78 Å². The topological polar surface area (TPSA) is 17.1 Å². The molecule has 0 amide bonds. The third kappa shape index (κ3) is 2.54. The van der Waals surface area contributed by atoms with Crippen LogP contribution in [-0.4, -0.2) is 5.78 Å². The minimum absolute atomic E-state index is 0.128. The Labute approximate surface area is 180 Å². The fraction of sp³-hybridized carbons (Fsp3) is 0.964. The van der Waals surface area contributed by atoms with Crippen molar-refractivity contribution in [2.24, 2.45) is 63.6 Å². The highest BCUT2D eigenvalue weighted by Crippen LogP contribution is 2.81. The van der Waals surface area contributed by atoms with E-state index in [1.54, 1.807) is 0 Å². The number of carbonyl (C=O) groups excluding carboxylic acids is 1. The highest BCUT2D eigenvalue weighted by Gasteiger charge is 2.79. The predicted molar refractivity (Wildman–Crippen MR) is 120 cm³/mol. The molecule has 5 rings (SSSR count). The first-order chi connectivity index (χ1) is 13.7. The Morgan fingerprint density at radius 3 is 2.41 bits per heavy atom. The van der Waals surface area contributed by atoms with Crippen LogP contribution in [0, 0.1) is 63.6 Å². The second-order valence-corrected chi connectivity index (χ2v) is 13.3. The van der Waals surface area contributed by atoms with Crippen LogP contribution >= 0.6 is 0 Å². The van der Waals surface area contributed by atoms with Crippen LogP contribution in [0.15, 0.2) is 0 Å². The molecule has 1 nitrogen and oxygen atoms in total. The van der Waals surface area contributed by atoms with Crippen LogP contribution in [0.5, 0.6) is 0 Å². The molecule has 5 aliphatic rings. The van der Waals surface area contributed by atoms with Crippen molar-refractivity contribution in [3.63, 3.8) is 0 Å². The fourth-order valence-corrected chi connectivity index (χ4v) is 10.4. The zero-order valence-corrected chi connectivity index (χ0v) is 20.1. The maximum absolute atomic E-state index is 13.7. The van der Waals surface area contributed by atoms with E-state index >= 15 is 0 Å². The molecule has 10 atom stereocenters. The monoisotopic (exact) mass is 398 g/mol. The van der Waals surface area contributed by atoms with Gasteiger partial charge >= 0.3 is 0 Å². The Morgan fingerprint density at radius 2 is 1.72 bits per heavy atom. The lowest BCUT2D eigenvalue weighted by molar-refractivity contribution is -0.163. The largest absolute Gasteiger partial charge is 0.299 e. The zero-order chi connectivity index (χ0) is 20.8. The maximum atomic E-state index is 13.7. The Hall–Kier alpha value is -0.330. The van der Waals surface area contributed by atoms with Gasteiger partial charge in [0.15, 0.2) is 0 Å². The number of carbonyl (C=O) groups is 1. The Bertz CT molecular complexity index is 680. The van der Waals surface area contributed by atoms with Crippen molar-refractivity contribution in [1.82, 2.24) is 0 Å². The summed E-state index contributed by atoms with van der Waals surface area (Å²) < 4.78 is 0. The average Bonchev–Trinajstić information content (AvgIpc) is 3.19. The molecule has 29 heavy (non-hydrogen) atoms. The van der Waals surface area contributed by atoms with E-state index in [2.05, 4.69) is 41.5 Å². The Morgan fingerprint density at radius 1 is 0.966 bits per heavy atom. The lowest BCUT2D eigenvalue weighted by Gasteiger charge is -2.60. The fourth-order valence-electron chi connectivity index (χ4n) is 10.4. The number of Topliss-reactive ketones (excluding diaryl/α,β-unsaturated/α-hetero) is 1. The molecule has 5 saturated carbocycles. The van der Waals surface area contributed by atoms with Gasteiger partial charge in [0.2, 0.25) is 0 Å². The van der Waals surface area contributed by atoms with Crippen molar-refractivity contribution in [1.29, 1.82) is 0 Å². The van der Waals surface area contributed by atoms with Gasteiger partial charge in [-0.15, -0.1) is 0 Å². The van der Waals surface area contributed by atoms with Crippen LogP contribution in [0.25, 0.3) is 0 Å². The second kappa shape index (κ2) is 6.59. The Balaban J connectivity index is 1.38. The van der Waals surface area contributed by atoms with Crippen molar-refractivity contribution in [2.45, 2.75) is 106 Å². The molecule has 0 aromatic carbocycles. The normalized spacial score (nSPS) is 54.0. The van der Waals surface area contributed by atoms with Gasteiger partial charge in [0.25, 0.3) is 0 Å². The summed E-state index contributed by atoms with van der Waals surface area (Å²) in [6.07, 6.45) is 13.8. The molecule has 5 aliphatic carbocycles. The summed E-state index contributed by atoms with van der Waals surface area (Å²) in [4.78, 5) is 13.7. The summed E-state index contributed by atoms with van der Waals surface area (Å²) in [6, 6.07) is 0. The molecule has 0 radical (unpaired) electrons. The number of hydrogen-bond acceptors (Lipinski definition) is 1. The Kier molecular flexibility index (Phi) is 4.67. The summed E-state index contributed by atoms with van der Waals surface area (Å²) in [7, 11) is 0. The van der Waals surface area contributed by atoms with Crippen molar-refractivity contribution >= 4 is 5.78 Å². The molecular formula is C28H46O. The van der Waals surface area contributed by atoms with E-state index in [9.17, 15) is 4.79 Å². The average molecular weight is 399 g/mol. The molecule has 1 heteroatoms. The molecular weight excluding hydrogens is 352 g/mol. The SMILES string of the molecule is CC(C)CCC[C@@H](C)[C@H]1CC[C@H]2[C@@H]3[C@H](C)C(=O)[C@]45C[C@H]4CC[C@]5(C)[C@H]3CC[C@]12C. The molecule has 0 aliphatic heterocycles. The second-order valence-electron chi connectivity index (χ2n) is 13.3. The molecule has 0 N–H and O–H groups in total. The minimum atomic E-state index is 0.128. The molecule has 1 spiro atoms. The number of hydrogen-bond donors (Lipinski definition) is 0. The van der Waals surface area contributed by atoms with Gasteiger partial charge in [-0.05, 0) is 97.2 Å². The highest BCUT2D eigenvalue weighted by atomic mass is 16.1. The van der Waals surface area contributed by atoms with Crippen LogP contribution in [0.2, 0.25) is 0 Å². The smallest absolute Gasteiger partial charge is 0.142 e. The molecule has 164 valence electrons. The zero-order valence-electron chi connectivity index (χ0n) is 20.1. The van der Waals surface area contributed by atoms with Gasteiger partial charge in [0, 0.05) is 11.3 Å². The molecule has 0 unspecified atom stereocenters. The van der Waals surface area contributed by atoms with E-state index < -0.39 is 0 Å². The van der Waals surface area contributed by atoms with Crippen molar-refractivity contribution in [2.75, 3.05) is 0 Å². The third-order valence-electron chi connectivity index (χ3n) is 11.9. The van der Waals surface area contributed by atoms with Gasteiger partial charge in [-0.1, -0.05) is 60.8 Å². The lowest BCUT2D eigenvalue weighted by Crippen LogP contribution is -2.58. The maximum Gasteiger partial charge on any atom is 0.142 e. The van der Waals surface area contributed by atoms with E-state index in [4.69, 9.17) is 0 Å². The van der Waals surface area contributed by atoms with E-state index in [0.717, 1.165) is 35.5 Å². The molecule has 0 bridgehead atoms. The van der Waals surface area contributed by atoms with E-state index in [1.807, 2.05) is 0 Å². The van der Waals surface area contributed by atoms with E-state index in [-0.39, 0.29) is 5.41 Å².